The molecular weight excluding hydrogens is 252 g/mol. The molecule has 3 rings (SSSR count). The Morgan fingerprint density at radius 3 is 2.75 bits per heavy atom. The molecule has 0 atom stereocenters. The van der Waals surface area contributed by atoms with Gasteiger partial charge in [-0.05, 0) is 30.5 Å². The van der Waals surface area contributed by atoms with Gasteiger partial charge in [0.15, 0.2) is 11.6 Å². The summed E-state index contributed by atoms with van der Waals surface area (Å²) in [5, 5.41) is 2.83. The fourth-order valence-corrected chi connectivity index (χ4v) is 1.90. The number of anilines is 1. The van der Waals surface area contributed by atoms with Gasteiger partial charge in [-0.15, -0.1) is 0 Å². The molecule has 0 bridgehead atoms. The van der Waals surface area contributed by atoms with Crippen LogP contribution in [-0.2, 0) is 11.4 Å². The molecule has 1 aromatic heterocycles. The zero-order valence-corrected chi connectivity index (χ0v) is 11.1. The number of pyridine rings is 1. The first-order valence-corrected chi connectivity index (χ1v) is 6.75. The maximum atomic E-state index is 11.8. The second-order valence-corrected chi connectivity index (χ2v) is 4.89. The van der Waals surface area contributed by atoms with E-state index in [4.69, 9.17) is 4.74 Å². The van der Waals surface area contributed by atoms with Crippen LogP contribution in [0.25, 0.3) is 0 Å². The van der Waals surface area contributed by atoms with Crippen molar-refractivity contribution in [1.82, 2.24) is 4.98 Å². The Bertz CT molecular complexity index is 594. The maximum Gasteiger partial charge on any atom is 0.228 e. The molecule has 0 radical (unpaired) electrons. The van der Waals surface area contributed by atoms with Gasteiger partial charge in [0.1, 0.15) is 6.61 Å². The van der Waals surface area contributed by atoms with Gasteiger partial charge in [0.05, 0.1) is 0 Å². The van der Waals surface area contributed by atoms with Crippen molar-refractivity contribution in [3.63, 3.8) is 0 Å². The summed E-state index contributed by atoms with van der Waals surface area (Å²) < 4.78 is 5.75. The molecule has 20 heavy (non-hydrogen) atoms. The van der Waals surface area contributed by atoms with E-state index in [-0.39, 0.29) is 11.8 Å². The van der Waals surface area contributed by atoms with E-state index >= 15 is 0 Å². The van der Waals surface area contributed by atoms with Crippen LogP contribution in [0.15, 0.2) is 48.7 Å². The lowest BCUT2D eigenvalue weighted by molar-refractivity contribution is -0.117. The third-order valence-electron chi connectivity index (χ3n) is 3.20. The number of benzene rings is 1. The first-order chi connectivity index (χ1) is 9.83. The topological polar surface area (TPSA) is 51.2 Å². The highest BCUT2D eigenvalue weighted by Gasteiger charge is 2.30. The second-order valence-electron chi connectivity index (χ2n) is 4.89. The van der Waals surface area contributed by atoms with Crippen molar-refractivity contribution >= 4 is 11.7 Å². The Morgan fingerprint density at radius 1 is 1.20 bits per heavy atom. The van der Waals surface area contributed by atoms with Gasteiger partial charge in [-0.25, -0.2) is 4.98 Å². The smallest absolute Gasteiger partial charge is 0.228 e. The van der Waals surface area contributed by atoms with Crippen LogP contribution in [0.2, 0.25) is 0 Å². The summed E-state index contributed by atoms with van der Waals surface area (Å²) in [6.07, 6.45) is 3.59. The van der Waals surface area contributed by atoms with E-state index in [0.29, 0.717) is 18.2 Å². The Balaban J connectivity index is 1.67. The van der Waals surface area contributed by atoms with Crippen molar-refractivity contribution < 1.29 is 9.53 Å². The van der Waals surface area contributed by atoms with Crippen LogP contribution in [-0.4, -0.2) is 10.9 Å². The van der Waals surface area contributed by atoms with Gasteiger partial charge in [-0.2, -0.15) is 0 Å². The number of nitrogens with one attached hydrogen (secondary N) is 1. The van der Waals surface area contributed by atoms with Gasteiger partial charge in [0.2, 0.25) is 5.91 Å². The van der Waals surface area contributed by atoms with Crippen LogP contribution in [0.4, 0.5) is 5.82 Å². The van der Waals surface area contributed by atoms with Gasteiger partial charge in [-0.3, -0.25) is 4.79 Å². The second kappa shape index (κ2) is 5.74. The predicted molar refractivity (Wildman–Crippen MR) is 76.4 cm³/mol. The van der Waals surface area contributed by atoms with Crippen molar-refractivity contribution in [2.24, 2.45) is 5.92 Å². The molecule has 1 N–H and O–H groups in total. The standard InChI is InChI=1S/C16H16N2O2/c19-16(13-8-9-13)18-15-14(7-4-10-17-15)20-11-12-5-2-1-3-6-12/h1-7,10,13H,8-9,11H2,(H,17,18,19). The van der Waals surface area contributed by atoms with Gasteiger partial charge < -0.3 is 10.1 Å². The quantitative estimate of drug-likeness (QED) is 0.907. The summed E-state index contributed by atoms with van der Waals surface area (Å²) in [5.74, 6) is 1.29. The largest absolute Gasteiger partial charge is 0.485 e. The molecule has 0 saturated heterocycles. The number of hydrogen-bond donors (Lipinski definition) is 1. The number of nitrogens with zero attached hydrogens (tertiary/aromatic N) is 1. The first-order valence-electron chi connectivity index (χ1n) is 6.75. The van der Waals surface area contributed by atoms with E-state index in [2.05, 4.69) is 10.3 Å². The number of aromatic nitrogens is 1. The molecule has 1 aliphatic rings. The molecule has 1 aliphatic carbocycles. The summed E-state index contributed by atoms with van der Waals surface area (Å²) in [7, 11) is 0. The minimum absolute atomic E-state index is 0.0354. The Morgan fingerprint density at radius 2 is 2.00 bits per heavy atom. The summed E-state index contributed by atoms with van der Waals surface area (Å²) in [4.78, 5) is 16.0. The predicted octanol–water partition coefficient (Wildman–Crippen LogP) is 3.01. The van der Waals surface area contributed by atoms with Crippen molar-refractivity contribution in [2.45, 2.75) is 19.4 Å². The monoisotopic (exact) mass is 268 g/mol. The van der Waals surface area contributed by atoms with Crippen LogP contribution >= 0.6 is 0 Å². The van der Waals surface area contributed by atoms with E-state index in [9.17, 15) is 4.79 Å². The number of carbonyl (C=O) groups excluding carboxylic acids is 1. The lowest BCUT2D eigenvalue weighted by atomic mass is 10.2. The fraction of sp³-hybridized carbons (Fsp3) is 0.250. The van der Waals surface area contributed by atoms with Crippen LogP contribution < -0.4 is 10.1 Å². The first kappa shape index (κ1) is 12.7. The number of ether oxygens (including phenoxy) is 1. The van der Waals surface area contributed by atoms with Gasteiger partial charge >= 0.3 is 0 Å². The van der Waals surface area contributed by atoms with Gasteiger partial charge in [0, 0.05) is 12.1 Å². The molecule has 1 heterocycles. The summed E-state index contributed by atoms with van der Waals surface area (Å²) in [6, 6.07) is 13.5. The van der Waals surface area contributed by atoms with E-state index in [1.807, 2.05) is 36.4 Å². The number of hydrogen-bond acceptors (Lipinski definition) is 3. The Kier molecular flexibility index (Phi) is 3.63. The lowest BCUT2D eigenvalue weighted by Gasteiger charge is -2.11. The molecule has 0 unspecified atom stereocenters. The third kappa shape index (κ3) is 3.15. The van der Waals surface area contributed by atoms with E-state index in [1.54, 1.807) is 12.3 Å². The van der Waals surface area contributed by atoms with Gasteiger partial charge in [0.25, 0.3) is 0 Å². The average Bonchev–Trinajstić information content (AvgIpc) is 3.32. The highest BCUT2D eigenvalue weighted by atomic mass is 16.5. The molecular formula is C16H16N2O2. The SMILES string of the molecule is O=C(Nc1ncccc1OCc1ccccc1)C1CC1. The highest BCUT2D eigenvalue weighted by Crippen LogP contribution is 2.31. The molecule has 0 spiro atoms. The molecule has 4 heteroatoms. The van der Waals surface area contributed by atoms with Crippen molar-refractivity contribution in [3.05, 3.63) is 54.2 Å². The number of amides is 1. The third-order valence-corrected chi connectivity index (χ3v) is 3.20. The average molecular weight is 268 g/mol. The zero-order valence-electron chi connectivity index (χ0n) is 11.1. The van der Waals surface area contributed by atoms with E-state index in [0.717, 1.165) is 18.4 Å². The Hall–Kier alpha value is -2.36. The summed E-state index contributed by atoms with van der Waals surface area (Å²) in [6.45, 7) is 0.457. The minimum atomic E-state index is 0.0354. The minimum Gasteiger partial charge on any atom is -0.485 e. The summed E-state index contributed by atoms with van der Waals surface area (Å²) >= 11 is 0. The molecule has 1 aromatic carbocycles. The van der Waals surface area contributed by atoms with Crippen LogP contribution in [0, 0.1) is 5.92 Å². The molecule has 2 aromatic rings. The highest BCUT2D eigenvalue weighted by molar-refractivity contribution is 5.94. The Labute approximate surface area is 117 Å². The number of rotatable bonds is 5. The number of carbonyl (C=O) groups is 1. The lowest BCUT2D eigenvalue weighted by Crippen LogP contribution is -2.15. The van der Waals surface area contributed by atoms with E-state index in [1.165, 1.54) is 0 Å². The normalized spacial score (nSPS) is 13.8. The molecule has 1 saturated carbocycles. The van der Waals surface area contributed by atoms with Crippen molar-refractivity contribution in [2.75, 3.05) is 5.32 Å². The molecule has 102 valence electrons. The van der Waals surface area contributed by atoms with Crippen LogP contribution in [0.5, 0.6) is 5.75 Å². The van der Waals surface area contributed by atoms with Crippen LogP contribution in [0.3, 0.4) is 0 Å². The molecule has 1 amide bonds. The van der Waals surface area contributed by atoms with Crippen LogP contribution in [0.1, 0.15) is 18.4 Å². The van der Waals surface area contributed by atoms with Crippen molar-refractivity contribution in [1.29, 1.82) is 0 Å². The maximum absolute atomic E-state index is 11.8. The summed E-state index contributed by atoms with van der Waals surface area (Å²) in [5.41, 5.74) is 1.08. The fourth-order valence-electron chi connectivity index (χ4n) is 1.90. The molecule has 4 nitrogen and oxygen atoms in total. The van der Waals surface area contributed by atoms with Crippen molar-refractivity contribution in [3.8, 4) is 5.75 Å². The molecule has 1 fully saturated rings. The zero-order chi connectivity index (χ0) is 13.8. The van der Waals surface area contributed by atoms with E-state index < -0.39 is 0 Å². The van der Waals surface area contributed by atoms with Gasteiger partial charge in [-0.1, -0.05) is 30.3 Å². The molecule has 0 aliphatic heterocycles.